The molecule has 2 N–H and O–H groups in total. The van der Waals surface area contributed by atoms with Crippen LogP contribution in [0.2, 0.25) is 0 Å². The van der Waals surface area contributed by atoms with E-state index >= 15 is 0 Å². The Morgan fingerprint density at radius 2 is 2.26 bits per heavy atom. The number of amides is 1. The summed E-state index contributed by atoms with van der Waals surface area (Å²) in [5.74, 6) is -1.29. The van der Waals surface area contributed by atoms with Gasteiger partial charge in [-0.1, -0.05) is 6.92 Å². The Balaban J connectivity index is 2.22. The fourth-order valence-corrected chi connectivity index (χ4v) is 2.41. The second kappa shape index (κ2) is 4.87. The number of carboxylic acids is 1. The number of pyridine rings is 1. The van der Waals surface area contributed by atoms with Gasteiger partial charge in [0.2, 0.25) is 0 Å². The van der Waals surface area contributed by atoms with Crippen molar-refractivity contribution in [3.8, 4) is 0 Å². The standard InChI is InChI=1S/C13H16N2O4/c1-2-13(12(18)19)4-6-15(8-13)11(17)9-7-14-5-3-10(9)16/h3,5,7H,2,4,6,8H2,1H3,(H,14,16)(H,18,19). The number of aliphatic carboxylic acids is 1. The average Bonchev–Trinajstić information content (AvgIpc) is 2.84. The van der Waals surface area contributed by atoms with Crippen molar-refractivity contribution in [3.05, 3.63) is 34.2 Å². The van der Waals surface area contributed by atoms with Gasteiger partial charge in [0.25, 0.3) is 5.91 Å². The zero-order valence-corrected chi connectivity index (χ0v) is 10.7. The first-order valence-corrected chi connectivity index (χ1v) is 6.20. The van der Waals surface area contributed by atoms with Crippen LogP contribution in [0, 0.1) is 5.41 Å². The predicted octanol–water partition coefficient (Wildman–Crippen LogP) is 0.702. The molecule has 0 radical (unpaired) electrons. The number of hydrogen-bond donors (Lipinski definition) is 2. The number of carboxylic acid groups (broad SMARTS) is 1. The number of nitrogens with one attached hydrogen (secondary N) is 1. The maximum Gasteiger partial charge on any atom is 0.311 e. The first kappa shape index (κ1) is 13.3. The molecular formula is C13H16N2O4. The van der Waals surface area contributed by atoms with Gasteiger partial charge in [0.15, 0.2) is 5.43 Å². The number of carbonyl (C=O) groups is 2. The van der Waals surface area contributed by atoms with Gasteiger partial charge in [-0.15, -0.1) is 0 Å². The molecule has 1 unspecified atom stereocenters. The Hall–Kier alpha value is -2.11. The van der Waals surface area contributed by atoms with E-state index in [0.717, 1.165) is 0 Å². The molecule has 1 atom stereocenters. The molecule has 1 aliphatic rings. The van der Waals surface area contributed by atoms with E-state index < -0.39 is 17.3 Å². The van der Waals surface area contributed by atoms with Crippen LogP contribution in [0.4, 0.5) is 0 Å². The summed E-state index contributed by atoms with van der Waals surface area (Å²) in [7, 11) is 0. The van der Waals surface area contributed by atoms with Crippen molar-refractivity contribution in [2.24, 2.45) is 5.41 Å². The molecule has 102 valence electrons. The van der Waals surface area contributed by atoms with Crippen molar-refractivity contribution in [2.75, 3.05) is 13.1 Å². The van der Waals surface area contributed by atoms with Gasteiger partial charge in [-0.05, 0) is 12.8 Å². The molecule has 0 aliphatic carbocycles. The van der Waals surface area contributed by atoms with Gasteiger partial charge in [-0.25, -0.2) is 0 Å². The highest BCUT2D eigenvalue weighted by atomic mass is 16.4. The lowest BCUT2D eigenvalue weighted by Crippen LogP contribution is -2.37. The largest absolute Gasteiger partial charge is 0.481 e. The van der Waals surface area contributed by atoms with E-state index in [9.17, 15) is 19.5 Å². The summed E-state index contributed by atoms with van der Waals surface area (Å²) in [5, 5.41) is 9.28. The Kier molecular flexibility index (Phi) is 3.42. The van der Waals surface area contributed by atoms with Gasteiger partial charge >= 0.3 is 5.97 Å². The highest BCUT2D eigenvalue weighted by Gasteiger charge is 2.45. The monoisotopic (exact) mass is 264 g/mol. The summed E-state index contributed by atoms with van der Waals surface area (Å²) in [6.07, 6.45) is 3.71. The van der Waals surface area contributed by atoms with Crippen LogP contribution >= 0.6 is 0 Å². The third-order valence-electron chi connectivity index (χ3n) is 3.83. The maximum atomic E-state index is 12.2. The van der Waals surface area contributed by atoms with Crippen LogP contribution in [-0.2, 0) is 4.79 Å². The van der Waals surface area contributed by atoms with Gasteiger partial charge in [0.1, 0.15) is 5.56 Å². The van der Waals surface area contributed by atoms with Gasteiger partial charge in [-0.2, -0.15) is 0 Å². The van der Waals surface area contributed by atoms with Crippen molar-refractivity contribution in [2.45, 2.75) is 19.8 Å². The lowest BCUT2D eigenvalue weighted by molar-refractivity contribution is -0.148. The zero-order valence-electron chi connectivity index (χ0n) is 10.7. The van der Waals surface area contributed by atoms with Crippen LogP contribution in [0.15, 0.2) is 23.3 Å². The third kappa shape index (κ3) is 2.25. The summed E-state index contributed by atoms with van der Waals surface area (Å²) in [5.41, 5.74) is -1.18. The first-order chi connectivity index (χ1) is 9.00. The molecule has 1 aliphatic heterocycles. The van der Waals surface area contributed by atoms with Crippen LogP contribution in [-0.4, -0.2) is 40.0 Å². The number of nitrogens with zero attached hydrogens (tertiary/aromatic N) is 1. The second-order valence-electron chi connectivity index (χ2n) is 4.84. The third-order valence-corrected chi connectivity index (χ3v) is 3.83. The summed E-state index contributed by atoms with van der Waals surface area (Å²) in [6, 6.07) is 1.29. The number of carbonyl (C=O) groups excluding carboxylic acids is 1. The molecule has 0 bridgehead atoms. The number of aromatic nitrogens is 1. The molecule has 0 aromatic carbocycles. The minimum Gasteiger partial charge on any atom is -0.481 e. The topological polar surface area (TPSA) is 90.5 Å². The van der Waals surface area contributed by atoms with Crippen molar-refractivity contribution in [1.29, 1.82) is 0 Å². The molecule has 1 aromatic rings. The van der Waals surface area contributed by atoms with Gasteiger partial charge in [0.05, 0.1) is 5.41 Å². The van der Waals surface area contributed by atoms with E-state index in [2.05, 4.69) is 4.98 Å². The van der Waals surface area contributed by atoms with Gasteiger partial charge < -0.3 is 15.0 Å². The van der Waals surface area contributed by atoms with Gasteiger partial charge in [-0.3, -0.25) is 14.4 Å². The molecule has 2 heterocycles. The molecule has 2 rings (SSSR count). The molecule has 0 spiro atoms. The van der Waals surface area contributed by atoms with E-state index in [1.165, 1.54) is 23.4 Å². The fourth-order valence-electron chi connectivity index (χ4n) is 2.41. The number of H-pyrrole nitrogens is 1. The second-order valence-corrected chi connectivity index (χ2v) is 4.84. The normalized spacial score (nSPS) is 22.5. The molecule has 1 fully saturated rings. The lowest BCUT2D eigenvalue weighted by Gasteiger charge is -2.22. The minimum absolute atomic E-state index is 0.0554. The smallest absolute Gasteiger partial charge is 0.311 e. The van der Waals surface area contributed by atoms with Crippen LogP contribution in [0.5, 0.6) is 0 Å². The Morgan fingerprint density at radius 3 is 2.79 bits per heavy atom. The van der Waals surface area contributed by atoms with Crippen LogP contribution in [0.1, 0.15) is 30.1 Å². The number of rotatable bonds is 3. The maximum absolute atomic E-state index is 12.2. The van der Waals surface area contributed by atoms with E-state index in [1.54, 1.807) is 6.92 Å². The molecular weight excluding hydrogens is 248 g/mol. The molecule has 1 aromatic heterocycles. The minimum atomic E-state index is -0.882. The summed E-state index contributed by atoms with van der Waals surface area (Å²) in [4.78, 5) is 39.3. The first-order valence-electron chi connectivity index (χ1n) is 6.20. The Morgan fingerprint density at radius 1 is 1.53 bits per heavy atom. The molecule has 19 heavy (non-hydrogen) atoms. The Labute approximate surface area is 110 Å². The van der Waals surface area contributed by atoms with Crippen LogP contribution in [0.25, 0.3) is 0 Å². The average molecular weight is 264 g/mol. The quantitative estimate of drug-likeness (QED) is 0.840. The highest BCUT2D eigenvalue weighted by molar-refractivity contribution is 5.94. The van der Waals surface area contributed by atoms with Crippen LogP contribution < -0.4 is 5.43 Å². The molecule has 6 heteroatoms. The fraction of sp³-hybridized carbons (Fsp3) is 0.462. The van der Waals surface area contributed by atoms with Crippen LogP contribution in [0.3, 0.4) is 0 Å². The summed E-state index contributed by atoms with van der Waals surface area (Å²) in [6.45, 7) is 2.33. The summed E-state index contributed by atoms with van der Waals surface area (Å²) < 4.78 is 0. The molecule has 1 amide bonds. The SMILES string of the molecule is CCC1(C(=O)O)CCN(C(=O)c2c[nH]ccc2=O)C1. The van der Waals surface area contributed by atoms with E-state index in [0.29, 0.717) is 19.4 Å². The molecule has 6 nitrogen and oxygen atoms in total. The lowest BCUT2D eigenvalue weighted by atomic mass is 9.84. The van der Waals surface area contributed by atoms with Crippen molar-refractivity contribution < 1.29 is 14.7 Å². The molecule has 0 saturated carbocycles. The van der Waals surface area contributed by atoms with Crippen molar-refractivity contribution in [3.63, 3.8) is 0 Å². The van der Waals surface area contributed by atoms with Crippen molar-refractivity contribution in [1.82, 2.24) is 9.88 Å². The molecule has 1 saturated heterocycles. The number of likely N-dealkylation sites (tertiary alicyclic amines) is 1. The van der Waals surface area contributed by atoms with Crippen molar-refractivity contribution >= 4 is 11.9 Å². The number of aromatic amines is 1. The highest BCUT2D eigenvalue weighted by Crippen LogP contribution is 2.34. The van der Waals surface area contributed by atoms with E-state index in [4.69, 9.17) is 0 Å². The van der Waals surface area contributed by atoms with E-state index in [1.807, 2.05) is 0 Å². The number of hydrogen-bond acceptors (Lipinski definition) is 3. The summed E-state index contributed by atoms with van der Waals surface area (Å²) >= 11 is 0. The zero-order chi connectivity index (χ0) is 14.0. The predicted molar refractivity (Wildman–Crippen MR) is 67.9 cm³/mol. The Bertz CT molecular complexity index is 566. The van der Waals surface area contributed by atoms with E-state index in [-0.39, 0.29) is 17.5 Å². The van der Waals surface area contributed by atoms with Gasteiger partial charge in [0, 0.05) is 31.5 Å².